The molecule has 0 heterocycles. The normalized spacial score (nSPS) is 17.9. The highest BCUT2D eigenvalue weighted by Gasteiger charge is 2.27. The molecular formula is C15H20N2. The van der Waals surface area contributed by atoms with Crippen molar-refractivity contribution >= 4 is 0 Å². The van der Waals surface area contributed by atoms with Crippen molar-refractivity contribution in [1.29, 1.82) is 5.26 Å². The quantitative estimate of drug-likeness (QED) is 0.858. The third-order valence-electron chi connectivity index (χ3n) is 3.75. The van der Waals surface area contributed by atoms with Crippen molar-refractivity contribution < 1.29 is 0 Å². The fourth-order valence-corrected chi connectivity index (χ4v) is 2.66. The lowest BCUT2D eigenvalue weighted by Crippen LogP contribution is -2.29. The molecule has 17 heavy (non-hydrogen) atoms. The number of nitrogens with zero attached hydrogens (tertiary/aromatic N) is 1. The fourth-order valence-electron chi connectivity index (χ4n) is 2.66. The molecule has 0 amide bonds. The summed E-state index contributed by atoms with van der Waals surface area (Å²) in [5.74, 6) is 0. The van der Waals surface area contributed by atoms with E-state index in [-0.39, 0.29) is 0 Å². The van der Waals surface area contributed by atoms with Gasteiger partial charge in [-0.2, -0.15) is 5.26 Å². The largest absolute Gasteiger partial charge is 0.312 e. The topological polar surface area (TPSA) is 35.8 Å². The van der Waals surface area contributed by atoms with Crippen molar-refractivity contribution in [1.82, 2.24) is 5.32 Å². The van der Waals surface area contributed by atoms with Crippen molar-refractivity contribution in [2.24, 2.45) is 5.41 Å². The molecule has 0 unspecified atom stereocenters. The minimum atomic E-state index is 0.493. The zero-order valence-corrected chi connectivity index (χ0v) is 10.5. The molecule has 1 aliphatic rings. The fraction of sp³-hybridized carbons (Fsp3) is 0.533. The Bertz CT molecular complexity index is 411. The molecule has 0 saturated heterocycles. The van der Waals surface area contributed by atoms with Crippen LogP contribution >= 0.6 is 0 Å². The molecular weight excluding hydrogens is 208 g/mol. The highest BCUT2D eigenvalue weighted by molar-refractivity contribution is 5.32. The van der Waals surface area contributed by atoms with Gasteiger partial charge in [0.25, 0.3) is 0 Å². The first kappa shape index (κ1) is 12.1. The standard InChI is InChI=1S/C15H20N2/c1-15(7-2-3-8-15)12-17-11-14-6-4-5-13(9-14)10-16/h4-6,9,17H,2-3,7-8,11-12H2,1H3. The maximum Gasteiger partial charge on any atom is 0.0991 e. The molecule has 1 aromatic carbocycles. The third-order valence-corrected chi connectivity index (χ3v) is 3.75. The molecule has 0 spiro atoms. The number of rotatable bonds is 4. The lowest BCUT2D eigenvalue weighted by molar-refractivity contribution is 0.314. The van der Waals surface area contributed by atoms with E-state index in [1.165, 1.54) is 31.2 Å². The van der Waals surface area contributed by atoms with Crippen LogP contribution in [0, 0.1) is 16.7 Å². The van der Waals surface area contributed by atoms with E-state index in [1.807, 2.05) is 18.2 Å². The average molecular weight is 228 g/mol. The molecule has 2 heteroatoms. The number of benzene rings is 1. The number of hydrogen-bond acceptors (Lipinski definition) is 2. The minimum absolute atomic E-state index is 0.493. The maximum atomic E-state index is 8.83. The van der Waals surface area contributed by atoms with Gasteiger partial charge in [0.15, 0.2) is 0 Å². The van der Waals surface area contributed by atoms with E-state index in [0.29, 0.717) is 5.41 Å². The molecule has 1 aliphatic carbocycles. The second-order valence-corrected chi connectivity index (χ2v) is 5.43. The van der Waals surface area contributed by atoms with Gasteiger partial charge in [-0.3, -0.25) is 0 Å². The molecule has 1 N–H and O–H groups in total. The van der Waals surface area contributed by atoms with Crippen LogP contribution in [0.3, 0.4) is 0 Å². The Labute approximate surface area is 104 Å². The lowest BCUT2D eigenvalue weighted by atomic mass is 9.89. The van der Waals surface area contributed by atoms with Crippen LogP contribution in [0.25, 0.3) is 0 Å². The maximum absolute atomic E-state index is 8.83. The van der Waals surface area contributed by atoms with Crippen LogP contribution < -0.4 is 5.32 Å². The number of nitriles is 1. The van der Waals surface area contributed by atoms with E-state index in [9.17, 15) is 0 Å². The third kappa shape index (κ3) is 3.31. The second kappa shape index (κ2) is 5.33. The van der Waals surface area contributed by atoms with E-state index in [1.54, 1.807) is 0 Å². The SMILES string of the molecule is CC1(CNCc2cccc(C#N)c2)CCCC1. The predicted molar refractivity (Wildman–Crippen MR) is 69.4 cm³/mol. The summed E-state index contributed by atoms with van der Waals surface area (Å²) in [5, 5.41) is 12.4. The van der Waals surface area contributed by atoms with Gasteiger partial charge in [-0.25, -0.2) is 0 Å². The van der Waals surface area contributed by atoms with Crippen LogP contribution in [0.1, 0.15) is 43.7 Å². The van der Waals surface area contributed by atoms with Crippen molar-refractivity contribution in [3.05, 3.63) is 35.4 Å². The van der Waals surface area contributed by atoms with Crippen LogP contribution in [0.5, 0.6) is 0 Å². The van der Waals surface area contributed by atoms with Crippen LogP contribution in [0.4, 0.5) is 0 Å². The molecule has 1 fully saturated rings. The van der Waals surface area contributed by atoms with E-state index >= 15 is 0 Å². The van der Waals surface area contributed by atoms with E-state index < -0.39 is 0 Å². The number of hydrogen-bond donors (Lipinski definition) is 1. The summed E-state index contributed by atoms with van der Waals surface area (Å²) < 4.78 is 0. The van der Waals surface area contributed by atoms with Gasteiger partial charge in [-0.1, -0.05) is 31.9 Å². The summed E-state index contributed by atoms with van der Waals surface area (Å²) in [4.78, 5) is 0. The molecule has 2 nitrogen and oxygen atoms in total. The van der Waals surface area contributed by atoms with E-state index in [0.717, 1.165) is 18.7 Å². The van der Waals surface area contributed by atoms with Crippen LogP contribution in [0.15, 0.2) is 24.3 Å². The summed E-state index contributed by atoms with van der Waals surface area (Å²) in [6.45, 7) is 4.33. The minimum Gasteiger partial charge on any atom is -0.312 e. The van der Waals surface area contributed by atoms with Gasteiger partial charge in [0.1, 0.15) is 0 Å². The van der Waals surface area contributed by atoms with E-state index in [2.05, 4.69) is 24.4 Å². The van der Waals surface area contributed by atoms with Gasteiger partial charge in [-0.15, -0.1) is 0 Å². The van der Waals surface area contributed by atoms with Gasteiger partial charge in [0, 0.05) is 13.1 Å². The molecule has 0 atom stereocenters. The first-order valence-corrected chi connectivity index (χ1v) is 6.42. The molecule has 1 saturated carbocycles. The zero-order chi connectivity index (χ0) is 12.1. The molecule has 90 valence electrons. The Morgan fingerprint density at radius 3 is 2.82 bits per heavy atom. The van der Waals surface area contributed by atoms with Crippen LogP contribution in [0.2, 0.25) is 0 Å². The highest BCUT2D eigenvalue weighted by atomic mass is 14.9. The number of nitrogens with one attached hydrogen (secondary N) is 1. The van der Waals surface area contributed by atoms with Gasteiger partial charge in [0.2, 0.25) is 0 Å². The van der Waals surface area contributed by atoms with Gasteiger partial charge >= 0.3 is 0 Å². The zero-order valence-electron chi connectivity index (χ0n) is 10.5. The van der Waals surface area contributed by atoms with Crippen molar-refractivity contribution in [3.8, 4) is 6.07 Å². The van der Waals surface area contributed by atoms with Gasteiger partial charge in [0.05, 0.1) is 11.6 Å². The van der Waals surface area contributed by atoms with Crippen molar-refractivity contribution in [2.75, 3.05) is 6.54 Å². The molecule has 0 bridgehead atoms. The summed E-state index contributed by atoms with van der Waals surface area (Å²) >= 11 is 0. The molecule has 0 aliphatic heterocycles. The van der Waals surface area contributed by atoms with Gasteiger partial charge < -0.3 is 5.32 Å². The Morgan fingerprint density at radius 1 is 1.35 bits per heavy atom. The highest BCUT2D eigenvalue weighted by Crippen LogP contribution is 2.36. The average Bonchev–Trinajstić information content (AvgIpc) is 2.77. The Hall–Kier alpha value is -1.33. The summed E-state index contributed by atoms with van der Waals surface area (Å²) in [6, 6.07) is 10.0. The predicted octanol–water partition coefficient (Wildman–Crippen LogP) is 3.23. The molecule has 0 aromatic heterocycles. The Kier molecular flexibility index (Phi) is 3.81. The van der Waals surface area contributed by atoms with Gasteiger partial charge in [-0.05, 0) is 36.0 Å². The Balaban J connectivity index is 1.83. The summed E-state index contributed by atoms with van der Waals surface area (Å²) in [7, 11) is 0. The first-order chi connectivity index (χ1) is 8.22. The summed E-state index contributed by atoms with van der Waals surface area (Å²) in [6.07, 6.45) is 5.45. The second-order valence-electron chi connectivity index (χ2n) is 5.43. The van der Waals surface area contributed by atoms with Crippen molar-refractivity contribution in [2.45, 2.75) is 39.2 Å². The Morgan fingerprint density at radius 2 is 2.12 bits per heavy atom. The summed E-state index contributed by atoms with van der Waals surface area (Å²) in [5.41, 5.74) is 2.44. The molecule has 0 radical (unpaired) electrons. The smallest absolute Gasteiger partial charge is 0.0991 e. The molecule has 2 rings (SSSR count). The lowest BCUT2D eigenvalue weighted by Gasteiger charge is -2.23. The molecule has 1 aromatic rings. The van der Waals surface area contributed by atoms with Crippen LogP contribution in [-0.4, -0.2) is 6.54 Å². The monoisotopic (exact) mass is 228 g/mol. The first-order valence-electron chi connectivity index (χ1n) is 6.42. The van der Waals surface area contributed by atoms with Crippen molar-refractivity contribution in [3.63, 3.8) is 0 Å². The van der Waals surface area contributed by atoms with E-state index in [4.69, 9.17) is 5.26 Å². The van der Waals surface area contributed by atoms with Crippen LogP contribution in [-0.2, 0) is 6.54 Å².